The van der Waals surface area contributed by atoms with Gasteiger partial charge in [-0.25, -0.2) is 4.79 Å². The molecule has 0 fully saturated rings. The number of benzene rings is 1. The lowest BCUT2D eigenvalue weighted by Gasteiger charge is -2.09. The molecule has 17 heavy (non-hydrogen) atoms. The number of carbonyl (C=O) groups excluding carboxylic acids is 1. The van der Waals surface area contributed by atoms with Crippen LogP contribution in [0.2, 0.25) is 0 Å². The van der Waals surface area contributed by atoms with Crippen molar-refractivity contribution in [1.82, 2.24) is 9.78 Å². The van der Waals surface area contributed by atoms with Gasteiger partial charge < -0.3 is 5.32 Å². The van der Waals surface area contributed by atoms with E-state index >= 15 is 0 Å². The number of para-hydroxylation sites is 1. The van der Waals surface area contributed by atoms with Crippen LogP contribution < -0.4 is 10.6 Å². The maximum absolute atomic E-state index is 11.7. The highest BCUT2D eigenvalue weighted by Crippen LogP contribution is 2.13. The Morgan fingerprint density at radius 2 is 2.00 bits per heavy atom. The third-order valence-electron chi connectivity index (χ3n) is 2.46. The van der Waals surface area contributed by atoms with Crippen molar-refractivity contribution >= 4 is 17.5 Å². The molecule has 0 unspecified atom stereocenters. The lowest BCUT2D eigenvalue weighted by Crippen LogP contribution is -2.21. The predicted molar refractivity (Wildman–Crippen MR) is 67.0 cm³/mol. The van der Waals surface area contributed by atoms with Crippen molar-refractivity contribution in [1.29, 1.82) is 0 Å². The minimum Gasteiger partial charge on any atom is -0.307 e. The van der Waals surface area contributed by atoms with Crippen molar-refractivity contribution in [2.45, 2.75) is 6.92 Å². The van der Waals surface area contributed by atoms with E-state index in [1.165, 1.54) is 0 Å². The minimum absolute atomic E-state index is 0.275. The maximum atomic E-state index is 11.7. The lowest BCUT2D eigenvalue weighted by atomic mass is 10.2. The first-order valence-corrected chi connectivity index (χ1v) is 5.28. The summed E-state index contributed by atoms with van der Waals surface area (Å²) in [6.45, 7) is 1.94. The summed E-state index contributed by atoms with van der Waals surface area (Å²) >= 11 is 0. The van der Waals surface area contributed by atoms with Crippen LogP contribution in [0.3, 0.4) is 0 Å². The third kappa shape index (κ3) is 2.63. The van der Waals surface area contributed by atoms with Crippen LogP contribution in [0, 0.1) is 6.92 Å². The number of carbonyl (C=O) groups is 1. The summed E-state index contributed by atoms with van der Waals surface area (Å²) in [4.78, 5) is 11.7. The fourth-order valence-corrected chi connectivity index (χ4v) is 1.48. The van der Waals surface area contributed by atoms with Crippen LogP contribution in [-0.2, 0) is 7.05 Å². The number of nitrogens with zero attached hydrogens (tertiary/aromatic N) is 2. The Labute approximate surface area is 99.5 Å². The van der Waals surface area contributed by atoms with Gasteiger partial charge in [-0.3, -0.25) is 10.00 Å². The average Bonchev–Trinajstić information content (AvgIpc) is 2.68. The van der Waals surface area contributed by atoms with E-state index in [0.29, 0.717) is 5.82 Å². The molecule has 1 heterocycles. The van der Waals surface area contributed by atoms with Gasteiger partial charge in [0.1, 0.15) is 5.82 Å². The predicted octanol–water partition coefficient (Wildman–Crippen LogP) is 2.37. The van der Waals surface area contributed by atoms with Crippen molar-refractivity contribution in [3.63, 3.8) is 0 Å². The molecule has 0 atom stereocenters. The van der Waals surface area contributed by atoms with E-state index < -0.39 is 0 Å². The highest BCUT2D eigenvalue weighted by atomic mass is 16.2. The molecule has 2 rings (SSSR count). The molecule has 0 saturated carbocycles. The van der Waals surface area contributed by atoms with E-state index in [-0.39, 0.29) is 6.03 Å². The van der Waals surface area contributed by atoms with E-state index in [1.807, 2.05) is 31.2 Å². The van der Waals surface area contributed by atoms with Crippen molar-refractivity contribution in [3.8, 4) is 0 Å². The summed E-state index contributed by atoms with van der Waals surface area (Å²) in [6.07, 6.45) is 1.63. The molecule has 0 aliphatic heterocycles. The van der Waals surface area contributed by atoms with Crippen LogP contribution in [0.1, 0.15) is 5.56 Å². The largest absolute Gasteiger partial charge is 0.324 e. The Hall–Kier alpha value is -2.30. The van der Waals surface area contributed by atoms with Crippen LogP contribution in [-0.4, -0.2) is 15.8 Å². The summed E-state index contributed by atoms with van der Waals surface area (Å²) in [5.74, 6) is 0.649. The van der Waals surface area contributed by atoms with E-state index in [1.54, 1.807) is 24.0 Å². The molecular weight excluding hydrogens is 216 g/mol. The first kappa shape index (κ1) is 11.2. The zero-order valence-corrected chi connectivity index (χ0v) is 9.77. The Morgan fingerprint density at radius 1 is 1.24 bits per heavy atom. The Bertz CT molecular complexity index is 533. The SMILES string of the molecule is Cc1ccccc1NC(=O)Nc1ccnn1C. The Morgan fingerprint density at radius 3 is 2.65 bits per heavy atom. The van der Waals surface area contributed by atoms with Crippen molar-refractivity contribution in [3.05, 3.63) is 42.1 Å². The normalized spacial score (nSPS) is 10.0. The van der Waals surface area contributed by atoms with Gasteiger partial charge >= 0.3 is 6.03 Å². The van der Waals surface area contributed by atoms with Gasteiger partial charge in [-0.2, -0.15) is 5.10 Å². The molecule has 1 aromatic heterocycles. The highest BCUT2D eigenvalue weighted by Gasteiger charge is 2.06. The van der Waals surface area contributed by atoms with Gasteiger partial charge in [-0.15, -0.1) is 0 Å². The van der Waals surface area contributed by atoms with Crippen LogP contribution in [0.5, 0.6) is 0 Å². The molecule has 88 valence electrons. The number of anilines is 2. The molecule has 2 amide bonds. The third-order valence-corrected chi connectivity index (χ3v) is 2.46. The molecule has 0 aliphatic carbocycles. The number of aromatic nitrogens is 2. The molecule has 2 aromatic rings. The number of nitrogens with one attached hydrogen (secondary N) is 2. The summed E-state index contributed by atoms with van der Waals surface area (Å²) in [7, 11) is 1.77. The molecule has 5 heteroatoms. The monoisotopic (exact) mass is 230 g/mol. The van der Waals surface area contributed by atoms with Gasteiger partial charge in [0.05, 0.1) is 6.20 Å². The van der Waals surface area contributed by atoms with Gasteiger partial charge in [-0.1, -0.05) is 18.2 Å². The van der Waals surface area contributed by atoms with Crippen LogP contribution in [0.15, 0.2) is 36.5 Å². The van der Waals surface area contributed by atoms with E-state index in [2.05, 4.69) is 15.7 Å². The average molecular weight is 230 g/mol. The molecule has 1 aromatic carbocycles. The summed E-state index contributed by atoms with van der Waals surface area (Å²) in [5, 5.41) is 9.47. The van der Waals surface area contributed by atoms with Crippen LogP contribution >= 0.6 is 0 Å². The number of urea groups is 1. The molecule has 0 aliphatic rings. The van der Waals surface area contributed by atoms with Gasteiger partial charge in [-0.05, 0) is 18.6 Å². The molecule has 0 bridgehead atoms. The van der Waals surface area contributed by atoms with Gasteiger partial charge in [0, 0.05) is 18.8 Å². The first-order valence-electron chi connectivity index (χ1n) is 5.28. The zero-order chi connectivity index (χ0) is 12.3. The van der Waals surface area contributed by atoms with E-state index in [4.69, 9.17) is 0 Å². The molecule has 0 spiro atoms. The van der Waals surface area contributed by atoms with Crippen molar-refractivity contribution in [2.24, 2.45) is 7.05 Å². The second-order valence-corrected chi connectivity index (χ2v) is 3.73. The lowest BCUT2D eigenvalue weighted by molar-refractivity contribution is 0.262. The summed E-state index contributed by atoms with van der Waals surface area (Å²) < 4.78 is 1.59. The van der Waals surface area contributed by atoms with Crippen LogP contribution in [0.4, 0.5) is 16.3 Å². The smallest absolute Gasteiger partial charge is 0.307 e. The topological polar surface area (TPSA) is 59.0 Å². The van der Waals surface area contributed by atoms with Gasteiger partial charge in [0.2, 0.25) is 0 Å². The second-order valence-electron chi connectivity index (χ2n) is 3.73. The van der Waals surface area contributed by atoms with Gasteiger partial charge in [0.25, 0.3) is 0 Å². The molecule has 0 saturated heterocycles. The summed E-state index contributed by atoms with van der Waals surface area (Å²) in [6, 6.07) is 9.07. The fraction of sp³-hybridized carbons (Fsp3) is 0.167. The number of aryl methyl sites for hydroxylation is 2. The number of hydrogen-bond acceptors (Lipinski definition) is 2. The zero-order valence-electron chi connectivity index (χ0n) is 9.77. The number of rotatable bonds is 2. The fourth-order valence-electron chi connectivity index (χ4n) is 1.48. The maximum Gasteiger partial charge on any atom is 0.324 e. The molecule has 5 nitrogen and oxygen atoms in total. The molecule has 0 radical (unpaired) electrons. The van der Waals surface area contributed by atoms with Gasteiger partial charge in [0.15, 0.2) is 0 Å². The van der Waals surface area contributed by atoms with Crippen LogP contribution in [0.25, 0.3) is 0 Å². The number of amides is 2. The van der Waals surface area contributed by atoms with E-state index in [0.717, 1.165) is 11.3 Å². The standard InChI is InChI=1S/C12H14N4O/c1-9-5-3-4-6-10(9)14-12(17)15-11-7-8-13-16(11)2/h3-8H,1-2H3,(H2,14,15,17). The first-order chi connectivity index (χ1) is 8.16. The summed E-state index contributed by atoms with van der Waals surface area (Å²) in [5.41, 5.74) is 1.82. The Kier molecular flexibility index (Phi) is 3.09. The molecular formula is C12H14N4O. The number of hydrogen-bond donors (Lipinski definition) is 2. The van der Waals surface area contributed by atoms with Crippen molar-refractivity contribution < 1.29 is 4.79 Å². The Balaban J connectivity index is 2.03. The second kappa shape index (κ2) is 4.69. The molecule has 2 N–H and O–H groups in total. The van der Waals surface area contributed by atoms with E-state index in [9.17, 15) is 4.79 Å². The quantitative estimate of drug-likeness (QED) is 0.832. The van der Waals surface area contributed by atoms with Crippen molar-refractivity contribution in [2.75, 3.05) is 10.6 Å². The minimum atomic E-state index is -0.275. The highest BCUT2D eigenvalue weighted by molar-refractivity contribution is 5.99.